The molecule has 1 aromatic carbocycles. The summed E-state index contributed by atoms with van der Waals surface area (Å²) in [6.07, 6.45) is 0.346. The number of rotatable bonds is 3. The second kappa shape index (κ2) is 4.27. The molecule has 0 unspecified atom stereocenters. The zero-order valence-electron chi connectivity index (χ0n) is 7.83. The normalized spacial score (nSPS) is 14.8. The van der Waals surface area contributed by atoms with E-state index in [0.717, 1.165) is 9.13 Å². The van der Waals surface area contributed by atoms with Gasteiger partial charge in [0.2, 0.25) is 0 Å². The Hall–Kier alpha value is -0.620. The molecule has 0 radical (unpaired) electrons. The first-order valence-electron chi connectivity index (χ1n) is 4.18. The van der Waals surface area contributed by atoms with E-state index >= 15 is 0 Å². The van der Waals surface area contributed by atoms with Gasteiger partial charge in [-0.1, -0.05) is 12.1 Å². The Labute approximate surface area is 96.4 Å². The molecule has 0 amide bonds. The number of benzene rings is 1. The van der Waals surface area contributed by atoms with E-state index in [4.69, 9.17) is 10.8 Å². The lowest BCUT2D eigenvalue weighted by atomic mass is 9.94. The van der Waals surface area contributed by atoms with Crippen molar-refractivity contribution in [3.63, 3.8) is 0 Å². The van der Waals surface area contributed by atoms with Gasteiger partial charge >= 0.3 is 5.97 Å². The highest BCUT2D eigenvalue weighted by atomic mass is 127. The molecule has 0 aliphatic rings. The Kier molecular flexibility index (Phi) is 3.49. The predicted molar refractivity (Wildman–Crippen MR) is 63.1 cm³/mol. The predicted octanol–water partition coefficient (Wildman–Crippen LogP) is 1.64. The molecule has 0 spiro atoms. The van der Waals surface area contributed by atoms with Crippen molar-refractivity contribution in [2.45, 2.75) is 18.9 Å². The van der Waals surface area contributed by atoms with Gasteiger partial charge in [-0.3, -0.25) is 4.79 Å². The van der Waals surface area contributed by atoms with E-state index in [1.54, 1.807) is 0 Å². The van der Waals surface area contributed by atoms with E-state index in [9.17, 15) is 4.79 Å². The van der Waals surface area contributed by atoms with E-state index in [2.05, 4.69) is 22.6 Å². The van der Waals surface area contributed by atoms with E-state index < -0.39 is 11.5 Å². The molecule has 14 heavy (non-hydrogen) atoms. The number of hydrogen-bond donors (Lipinski definition) is 2. The van der Waals surface area contributed by atoms with E-state index in [1.807, 2.05) is 24.3 Å². The van der Waals surface area contributed by atoms with E-state index in [-0.39, 0.29) is 0 Å². The van der Waals surface area contributed by atoms with Gasteiger partial charge in [-0.15, -0.1) is 0 Å². The van der Waals surface area contributed by atoms with Crippen molar-refractivity contribution in [1.29, 1.82) is 0 Å². The van der Waals surface area contributed by atoms with Crippen LogP contribution < -0.4 is 5.73 Å². The van der Waals surface area contributed by atoms with Crippen LogP contribution in [0.2, 0.25) is 0 Å². The third-order valence-electron chi connectivity index (χ3n) is 1.97. The Bertz CT molecular complexity index is 332. The SMILES string of the molecule is C[C@](N)(Cc1ccc(I)cc1)C(=O)O. The molecule has 3 nitrogen and oxygen atoms in total. The monoisotopic (exact) mass is 305 g/mol. The lowest BCUT2D eigenvalue weighted by Crippen LogP contribution is -2.46. The highest BCUT2D eigenvalue weighted by Gasteiger charge is 2.27. The summed E-state index contributed by atoms with van der Waals surface area (Å²) < 4.78 is 1.13. The minimum absolute atomic E-state index is 0.346. The molecule has 76 valence electrons. The van der Waals surface area contributed by atoms with E-state index in [1.165, 1.54) is 6.92 Å². The van der Waals surface area contributed by atoms with Crippen molar-refractivity contribution in [2.24, 2.45) is 5.73 Å². The minimum atomic E-state index is -1.19. The summed E-state index contributed by atoms with van der Waals surface area (Å²) in [6.45, 7) is 1.52. The van der Waals surface area contributed by atoms with Gasteiger partial charge in [0.15, 0.2) is 0 Å². The van der Waals surface area contributed by atoms with Gasteiger partial charge in [0.25, 0.3) is 0 Å². The fourth-order valence-corrected chi connectivity index (χ4v) is 1.46. The quantitative estimate of drug-likeness (QED) is 0.835. The minimum Gasteiger partial charge on any atom is -0.480 e. The smallest absolute Gasteiger partial charge is 0.323 e. The summed E-state index contributed by atoms with van der Waals surface area (Å²) in [5, 5.41) is 8.83. The standard InChI is InChI=1S/C10H12INO2/c1-10(12,9(13)14)6-7-2-4-8(11)5-3-7/h2-5H,6,12H2,1H3,(H,13,14)/t10-/m0/s1. The lowest BCUT2D eigenvalue weighted by molar-refractivity contribution is -0.142. The van der Waals surface area contributed by atoms with Crippen LogP contribution in [0.25, 0.3) is 0 Å². The van der Waals surface area contributed by atoms with Crippen molar-refractivity contribution in [1.82, 2.24) is 0 Å². The molecule has 0 aliphatic heterocycles. The van der Waals surface area contributed by atoms with Crippen LogP contribution in [-0.2, 0) is 11.2 Å². The number of carboxylic acid groups (broad SMARTS) is 1. The molecule has 0 aromatic heterocycles. The maximum atomic E-state index is 10.8. The number of nitrogens with two attached hydrogens (primary N) is 1. The molecule has 0 bridgehead atoms. The van der Waals surface area contributed by atoms with Gasteiger partial charge in [-0.2, -0.15) is 0 Å². The van der Waals surface area contributed by atoms with Crippen LogP contribution in [0, 0.1) is 3.57 Å². The van der Waals surface area contributed by atoms with Crippen LogP contribution in [-0.4, -0.2) is 16.6 Å². The van der Waals surface area contributed by atoms with Crippen molar-refractivity contribution in [2.75, 3.05) is 0 Å². The van der Waals surface area contributed by atoms with Crippen LogP contribution >= 0.6 is 22.6 Å². The van der Waals surface area contributed by atoms with Gasteiger partial charge < -0.3 is 10.8 Å². The molecular weight excluding hydrogens is 293 g/mol. The summed E-state index contributed by atoms with van der Waals surface area (Å²) in [7, 11) is 0. The summed E-state index contributed by atoms with van der Waals surface area (Å²) in [4.78, 5) is 10.8. The van der Waals surface area contributed by atoms with Gasteiger partial charge in [0.1, 0.15) is 5.54 Å². The first kappa shape index (κ1) is 11.5. The molecular formula is C10H12INO2. The molecule has 1 rings (SSSR count). The maximum Gasteiger partial charge on any atom is 0.323 e. The van der Waals surface area contributed by atoms with Gasteiger partial charge in [0, 0.05) is 9.99 Å². The summed E-state index contributed by atoms with van der Waals surface area (Å²) in [5.74, 6) is -0.976. The molecule has 4 heteroatoms. The average Bonchev–Trinajstić information content (AvgIpc) is 2.08. The third kappa shape index (κ3) is 2.95. The van der Waals surface area contributed by atoms with Crippen molar-refractivity contribution >= 4 is 28.6 Å². The Morgan fingerprint density at radius 3 is 2.43 bits per heavy atom. The summed E-state index contributed by atoms with van der Waals surface area (Å²) in [6, 6.07) is 7.67. The van der Waals surface area contributed by atoms with Crippen molar-refractivity contribution in [3.8, 4) is 0 Å². The number of aliphatic carboxylic acids is 1. The highest BCUT2D eigenvalue weighted by Crippen LogP contribution is 2.13. The molecule has 1 atom stereocenters. The topological polar surface area (TPSA) is 63.3 Å². The summed E-state index contributed by atoms with van der Waals surface area (Å²) in [5.41, 5.74) is 5.38. The van der Waals surface area contributed by atoms with E-state index in [0.29, 0.717) is 6.42 Å². The van der Waals surface area contributed by atoms with Gasteiger partial charge in [0.05, 0.1) is 0 Å². The largest absolute Gasteiger partial charge is 0.480 e. The summed E-state index contributed by atoms with van der Waals surface area (Å²) >= 11 is 2.20. The fraction of sp³-hybridized carbons (Fsp3) is 0.300. The number of halogens is 1. The molecule has 0 heterocycles. The van der Waals surface area contributed by atoms with Crippen LogP contribution in [0.1, 0.15) is 12.5 Å². The molecule has 0 aliphatic carbocycles. The van der Waals surface area contributed by atoms with Crippen LogP contribution in [0.3, 0.4) is 0 Å². The lowest BCUT2D eigenvalue weighted by Gasteiger charge is -2.18. The molecule has 0 saturated heterocycles. The Morgan fingerprint density at radius 1 is 1.50 bits per heavy atom. The first-order chi connectivity index (χ1) is 6.42. The first-order valence-corrected chi connectivity index (χ1v) is 5.26. The fourth-order valence-electron chi connectivity index (χ4n) is 1.10. The second-order valence-electron chi connectivity index (χ2n) is 3.53. The van der Waals surface area contributed by atoms with Crippen molar-refractivity contribution < 1.29 is 9.90 Å². The van der Waals surface area contributed by atoms with Crippen molar-refractivity contribution in [3.05, 3.63) is 33.4 Å². The molecule has 0 saturated carbocycles. The van der Waals surface area contributed by atoms with Crippen LogP contribution in [0.4, 0.5) is 0 Å². The van der Waals surface area contributed by atoms with Gasteiger partial charge in [-0.25, -0.2) is 0 Å². The zero-order valence-corrected chi connectivity index (χ0v) is 9.98. The number of hydrogen-bond acceptors (Lipinski definition) is 2. The molecule has 0 fully saturated rings. The van der Waals surface area contributed by atoms with Crippen LogP contribution in [0.5, 0.6) is 0 Å². The second-order valence-corrected chi connectivity index (χ2v) is 4.77. The number of carbonyl (C=O) groups is 1. The Balaban J connectivity index is 2.79. The molecule has 1 aromatic rings. The highest BCUT2D eigenvalue weighted by molar-refractivity contribution is 14.1. The third-order valence-corrected chi connectivity index (χ3v) is 2.69. The number of carboxylic acids is 1. The Morgan fingerprint density at radius 2 is 2.00 bits per heavy atom. The van der Waals surface area contributed by atoms with Crippen LogP contribution in [0.15, 0.2) is 24.3 Å². The molecule has 3 N–H and O–H groups in total. The zero-order chi connectivity index (χ0) is 10.8. The van der Waals surface area contributed by atoms with Gasteiger partial charge in [-0.05, 0) is 47.2 Å². The average molecular weight is 305 g/mol. The maximum absolute atomic E-state index is 10.8.